The summed E-state index contributed by atoms with van der Waals surface area (Å²) in [5.74, 6) is 1.81. The maximum absolute atomic E-state index is 5.57. The quantitative estimate of drug-likeness (QED) is 0.866. The molecule has 0 amide bonds. The van der Waals surface area contributed by atoms with Crippen LogP contribution >= 0.6 is 0 Å². The highest BCUT2D eigenvalue weighted by Gasteiger charge is 2.26. The number of nitrogens with one attached hydrogen (secondary N) is 1. The highest BCUT2D eigenvalue weighted by Crippen LogP contribution is 2.29. The number of likely N-dealkylation sites (tertiary alicyclic amines) is 1. The molecular weight excluding hydrogens is 260 g/mol. The molecule has 1 fully saturated rings. The Morgan fingerprint density at radius 3 is 2.71 bits per heavy atom. The second kappa shape index (κ2) is 7.28. The van der Waals surface area contributed by atoms with Crippen molar-refractivity contribution in [2.45, 2.75) is 52.7 Å². The molecule has 1 N–H and O–H groups in total. The van der Waals surface area contributed by atoms with E-state index in [1.54, 1.807) is 7.11 Å². The minimum atomic E-state index is 0.384. The zero-order chi connectivity index (χ0) is 15.4. The SMILES string of the molecule is CCNC(C)c1ccc(OC)c(CN2CC(C)CC2C)c1. The molecule has 21 heavy (non-hydrogen) atoms. The number of rotatable bonds is 6. The third-order valence-corrected chi connectivity index (χ3v) is 4.60. The van der Waals surface area contributed by atoms with Crippen LogP contribution in [-0.2, 0) is 6.54 Å². The Bertz CT molecular complexity index is 461. The third kappa shape index (κ3) is 3.98. The van der Waals surface area contributed by atoms with Crippen molar-refractivity contribution in [1.29, 1.82) is 0 Å². The highest BCUT2D eigenvalue weighted by atomic mass is 16.5. The van der Waals surface area contributed by atoms with E-state index in [2.05, 4.69) is 56.1 Å². The molecule has 1 aliphatic heterocycles. The molecule has 3 heteroatoms. The fourth-order valence-electron chi connectivity index (χ4n) is 3.44. The average molecular weight is 290 g/mol. The Morgan fingerprint density at radius 1 is 1.38 bits per heavy atom. The number of nitrogens with zero attached hydrogens (tertiary/aromatic N) is 1. The minimum Gasteiger partial charge on any atom is -0.496 e. The number of ether oxygens (including phenoxy) is 1. The maximum Gasteiger partial charge on any atom is 0.123 e. The van der Waals surface area contributed by atoms with E-state index in [1.807, 2.05) is 0 Å². The topological polar surface area (TPSA) is 24.5 Å². The third-order valence-electron chi connectivity index (χ3n) is 4.60. The van der Waals surface area contributed by atoms with Crippen LogP contribution in [0, 0.1) is 5.92 Å². The van der Waals surface area contributed by atoms with Crippen molar-refractivity contribution >= 4 is 0 Å². The predicted octanol–water partition coefficient (Wildman–Crippen LogP) is 3.60. The van der Waals surface area contributed by atoms with Crippen LogP contribution in [0.1, 0.15) is 51.3 Å². The number of hydrogen-bond acceptors (Lipinski definition) is 3. The van der Waals surface area contributed by atoms with Crippen LogP contribution in [0.5, 0.6) is 5.75 Å². The normalized spacial score (nSPS) is 24.2. The highest BCUT2D eigenvalue weighted by molar-refractivity contribution is 5.38. The van der Waals surface area contributed by atoms with Crippen LogP contribution in [0.25, 0.3) is 0 Å². The molecule has 3 nitrogen and oxygen atoms in total. The largest absolute Gasteiger partial charge is 0.496 e. The van der Waals surface area contributed by atoms with Gasteiger partial charge in [0.25, 0.3) is 0 Å². The first-order valence-electron chi connectivity index (χ1n) is 8.19. The fourth-order valence-corrected chi connectivity index (χ4v) is 3.44. The van der Waals surface area contributed by atoms with Gasteiger partial charge in [0.1, 0.15) is 5.75 Å². The number of methoxy groups -OCH3 is 1. The molecule has 0 aromatic heterocycles. The van der Waals surface area contributed by atoms with Crippen LogP contribution in [0.4, 0.5) is 0 Å². The second-order valence-electron chi connectivity index (χ2n) is 6.47. The summed E-state index contributed by atoms with van der Waals surface area (Å²) in [7, 11) is 1.77. The number of benzene rings is 1. The van der Waals surface area contributed by atoms with Crippen molar-refractivity contribution in [3.8, 4) is 5.75 Å². The van der Waals surface area contributed by atoms with Gasteiger partial charge in [0.2, 0.25) is 0 Å². The monoisotopic (exact) mass is 290 g/mol. The minimum absolute atomic E-state index is 0.384. The lowest BCUT2D eigenvalue weighted by atomic mass is 10.0. The van der Waals surface area contributed by atoms with Gasteiger partial charge >= 0.3 is 0 Å². The molecule has 1 saturated heterocycles. The van der Waals surface area contributed by atoms with Crippen LogP contribution < -0.4 is 10.1 Å². The molecular formula is C18H30N2O. The van der Waals surface area contributed by atoms with Gasteiger partial charge in [-0.2, -0.15) is 0 Å². The molecule has 1 aromatic carbocycles. The van der Waals surface area contributed by atoms with Crippen LogP contribution in [0.15, 0.2) is 18.2 Å². The van der Waals surface area contributed by atoms with Crippen LogP contribution in [0.3, 0.4) is 0 Å². The summed E-state index contributed by atoms with van der Waals surface area (Å²) in [6.45, 7) is 12.2. The Hall–Kier alpha value is -1.06. The Kier molecular flexibility index (Phi) is 5.65. The van der Waals surface area contributed by atoms with Gasteiger partial charge in [-0.05, 0) is 50.4 Å². The molecule has 0 aliphatic carbocycles. The maximum atomic E-state index is 5.57. The average Bonchev–Trinajstić information content (AvgIpc) is 2.77. The van der Waals surface area contributed by atoms with Gasteiger partial charge in [-0.15, -0.1) is 0 Å². The molecule has 2 rings (SSSR count). The van der Waals surface area contributed by atoms with Crippen molar-refractivity contribution < 1.29 is 4.74 Å². The predicted molar refractivity (Wildman–Crippen MR) is 88.7 cm³/mol. The van der Waals surface area contributed by atoms with Crippen molar-refractivity contribution in [3.63, 3.8) is 0 Å². The van der Waals surface area contributed by atoms with Gasteiger partial charge in [0.05, 0.1) is 7.11 Å². The van der Waals surface area contributed by atoms with E-state index in [9.17, 15) is 0 Å². The lowest BCUT2D eigenvalue weighted by Crippen LogP contribution is -2.27. The van der Waals surface area contributed by atoms with E-state index in [1.165, 1.54) is 24.1 Å². The first kappa shape index (κ1) is 16.3. The van der Waals surface area contributed by atoms with Gasteiger partial charge < -0.3 is 10.1 Å². The zero-order valence-corrected chi connectivity index (χ0v) is 14.1. The first-order chi connectivity index (χ1) is 10.0. The van der Waals surface area contributed by atoms with Crippen LogP contribution in [0.2, 0.25) is 0 Å². The summed E-state index contributed by atoms with van der Waals surface area (Å²) in [5, 5.41) is 3.48. The molecule has 3 unspecified atom stereocenters. The summed E-state index contributed by atoms with van der Waals surface area (Å²) in [5.41, 5.74) is 2.65. The van der Waals surface area contributed by atoms with E-state index >= 15 is 0 Å². The number of hydrogen-bond donors (Lipinski definition) is 1. The van der Waals surface area contributed by atoms with Gasteiger partial charge in [-0.3, -0.25) is 4.90 Å². The molecule has 0 bridgehead atoms. The molecule has 3 atom stereocenters. The molecule has 118 valence electrons. The lowest BCUT2D eigenvalue weighted by Gasteiger charge is -2.23. The van der Waals surface area contributed by atoms with Crippen molar-refractivity contribution in [2.75, 3.05) is 20.2 Å². The summed E-state index contributed by atoms with van der Waals surface area (Å²) in [6, 6.07) is 7.64. The summed E-state index contributed by atoms with van der Waals surface area (Å²) >= 11 is 0. The van der Waals surface area contributed by atoms with E-state index in [0.29, 0.717) is 12.1 Å². The van der Waals surface area contributed by atoms with E-state index < -0.39 is 0 Å². The van der Waals surface area contributed by atoms with Crippen molar-refractivity contribution in [3.05, 3.63) is 29.3 Å². The standard InChI is InChI=1S/C18H30N2O/c1-6-19-15(4)16-7-8-18(21-5)17(10-16)12-20-11-13(2)9-14(20)3/h7-8,10,13-15,19H,6,9,11-12H2,1-5H3. The van der Waals surface area contributed by atoms with Crippen LogP contribution in [-0.4, -0.2) is 31.1 Å². The molecule has 0 radical (unpaired) electrons. The molecule has 1 aliphatic rings. The zero-order valence-electron chi connectivity index (χ0n) is 14.1. The second-order valence-corrected chi connectivity index (χ2v) is 6.47. The van der Waals surface area contributed by atoms with Gasteiger partial charge in [-0.1, -0.05) is 19.9 Å². The van der Waals surface area contributed by atoms with Gasteiger partial charge in [0.15, 0.2) is 0 Å². The first-order valence-corrected chi connectivity index (χ1v) is 8.19. The van der Waals surface area contributed by atoms with E-state index in [-0.39, 0.29) is 0 Å². The molecule has 0 saturated carbocycles. The Morgan fingerprint density at radius 2 is 2.14 bits per heavy atom. The summed E-state index contributed by atoms with van der Waals surface area (Å²) in [6.07, 6.45) is 1.30. The Labute approximate surface area is 129 Å². The molecule has 1 aromatic rings. The van der Waals surface area contributed by atoms with Crippen molar-refractivity contribution in [2.24, 2.45) is 5.92 Å². The summed E-state index contributed by atoms with van der Waals surface area (Å²) < 4.78 is 5.57. The fraction of sp³-hybridized carbons (Fsp3) is 0.667. The molecule has 1 heterocycles. The van der Waals surface area contributed by atoms with E-state index in [0.717, 1.165) is 24.8 Å². The molecule has 0 spiro atoms. The van der Waals surface area contributed by atoms with Gasteiger partial charge in [-0.25, -0.2) is 0 Å². The van der Waals surface area contributed by atoms with E-state index in [4.69, 9.17) is 4.74 Å². The smallest absolute Gasteiger partial charge is 0.123 e. The lowest BCUT2D eigenvalue weighted by molar-refractivity contribution is 0.252. The van der Waals surface area contributed by atoms with Crippen molar-refractivity contribution in [1.82, 2.24) is 10.2 Å². The summed E-state index contributed by atoms with van der Waals surface area (Å²) in [4.78, 5) is 2.57. The Balaban J connectivity index is 2.18. The van der Waals surface area contributed by atoms with Gasteiger partial charge in [0, 0.05) is 30.7 Å².